The molecular formula is C19H21N5O2. The fourth-order valence-corrected chi connectivity index (χ4v) is 3.08. The molecule has 0 unspecified atom stereocenters. The van der Waals surface area contributed by atoms with Gasteiger partial charge in [-0.2, -0.15) is 0 Å². The minimum absolute atomic E-state index is 0.0441. The second-order valence-electron chi connectivity index (χ2n) is 7.34. The molecule has 7 heteroatoms. The SMILES string of the molecule is Cc1nc(C(C)(C)C)c(C)nc1-c1cc(=O)c2c(C(N)=O)nccc2[nH]1. The highest BCUT2D eigenvalue weighted by molar-refractivity contribution is 6.03. The number of carbonyl (C=O) groups is 1. The number of aryl methyl sites for hydroxylation is 2. The monoisotopic (exact) mass is 351 g/mol. The number of nitrogens with one attached hydrogen (secondary N) is 1. The van der Waals surface area contributed by atoms with E-state index in [1.54, 1.807) is 6.07 Å². The molecular weight excluding hydrogens is 330 g/mol. The second kappa shape index (κ2) is 6.01. The number of aromatic amines is 1. The van der Waals surface area contributed by atoms with Gasteiger partial charge < -0.3 is 10.7 Å². The van der Waals surface area contributed by atoms with E-state index in [1.165, 1.54) is 12.3 Å². The maximum Gasteiger partial charge on any atom is 0.268 e. The Morgan fingerprint density at radius 1 is 1.15 bits per heavy atom. The number of aromatic nitrogens is 4. The summed E-state index contributed by atoms with van der Waals surface area (Å²) >= 11 is 0. The van der Waals surface area contributed by atoms with Crippen molar-refractivity contribution in [2.24, 2.45) is 5.73 Å². The maximum atomic E-state index is 12.6. The average Bonchev–Trinajstić information content (AvgIpc) is 2.54. The number of pyridine rings is 2. The highest BCUT2D eigenvalue weighted by Gasteiger charge is 2.22. The molecule has 0 aliphatic heterocycles. The van der Waals surface area contributed by atoms with Gasteiger partial charge in [-0.3, -0.25) is 19.6 Å². The van der Waals surface area contributed by atoms with Crippen LogP contribution >= 0.6 is 0 Å². The molecule has 3 heterocycles. The molecule has 1 amide bonds. The number of amides is 1. The third-order valence-corrected chi connectivity index (χ3v) is 4.19. The van der Waals surface area contributed by atoms with E-state index in [2.05, 4.69) is 35.7 Å². The lowest BCUT2D eigenvalue weighted by molar-refractivity contribution is 0.0997. The Morgan fingerprint density at radius 3 is 2.46 bits per heavy atom. The molecule has 0 atom stereocenters. The van der Waals surface area contributed by atoms with Crippen molar-refractivity contribution in [2.75, 3.05) is 0 Å². The first-order valence-corrected chi connectivity index (χ1v) is 8.27. The molecule has 0 aliphatic carbocycles. The molecule has 26 heavy (non-hydrogen) atoms. The lowest BCUT2D eigenvalue weighted by atomic mass is 9.90. The zero-order chi connectivity index (χ0) is 19.2. The molecule has 0 spiro atoms. The van der Waals surface area contributed by atoms with Gasteiger partial charge in [0.2, 0.25) is 0 Å². The van der Waals surface area contributed by atoms with E-state index in [1.807, 2.05) is 13.8 Å². The van der Waals surface area contributed by atoms with Crippen LogP contribution in [0.3, 0.4) is 0 Å². The number of hydrogen-bond acceptors (Lipinski definition) is 5. The molecule has 0 aliphatic rings. The Labute approximate surface area is 150 Å². The molecule has 3 rings (SSSR count). The molecule has 3 aromatic rings. The van der Waals surface area contributed by atoms with E-state index in [9.17, 15) is 9.59 Å². The summed E-state index contributed by atoms with van der Waals surface area (Å²) in [5, 5.41) is 0.178. The summed E-state index contributed by atoms with van der Waals surface area (Å²) in [6.45, 7) is 10.0. The predicted molar refractivity (Wildman–Crippen MR) is 100 cm³/mol. The zero-order valence-electron chi connectivity index (χ0n) is 15.5. The van der Waals surface area contributed by atoms with Gasteiger partial charge in [0.15, 0.2) is 5.43 Å². The van der Waals surface area contributed by atoms with E-state index >= 15 is 0 Å². The maximum absolute atomic E-state index is 12.6. The van der Waals surface area contributed by atoms with Gasteiger partial charge in [0.05, 0.1) is 33.7 Å². The van der Waals surface area contributed by atoms with Crippen molar-refractivity contribution in [3.63, 3.8) is 0 Å². The second-order valence-corrected chi connectivity index (χ2v) is 7.34. The van der Waals surface area contributed by atoms with Crippen LogP contribution in [0.5, 0.6) is 0 Å². The van der Waals surface area contributed by atoms with Gasteiger partial charge in [0, 0.05) is 17.7 Å². The van der Waals surface area contributed by atoms with Gasteiger partial charge in [0.1, 0.15) is 11.4 Å². The summed E-state index contributed by atoms with van der Waals surface area (Å²) in [6.07, 6.45) is 1.44. The average molecular weight is 351 g/mol. The summed E-state index contributed by atoms with van der Waals surface area (Å²) in [6, 6.07) is 3.04. The van der Waals surface area contributed by atoms with Crippen molar-refractivity contribution in [2.45, 2.75) is 40.0 Å². The van der Waals surface area contributed by atoms with Gasteiger partial charge in [-0.15, -0.1) is 0 Å². The summed E-state index contributed by atoms with van der Waals surface area (Å²) in [4.78, 5) is 40.6. The third kappa shape index (κ3) is 2.96. The normalized spacial score (nSPS) is 11.7. The Balaban J connectivity index is 2.26. The largest absolute Gasteiger partial charge is 0.364 e. The standard InChI is InChI=1S/C19H21N5O2/c1-9-15(22-10(2)17(23-9)19(3,4)5)12-8-13(25)14-11(24-12)6-7-21-16(14)18(20)26/h6-8H,1-5H3,(H2,20,26)(H,24,25). The van der Waals surface area contributed by atoms with Crippen LogP contribution < -0.4 is 11.2 Å². The molecule has 134 valence electrons. The Hall–Kier alpha value is -3.09. The van der Waals surface area contributed by atoms with Crippen LogP contribution in [0, 0.1) is 13.8 Å². The van der Waals surface area contributed by atoms with Crippen LogP contribution in [0.1, 0.15) is 48.3 Å². The minimum Gasteiger partial charge on any atom is -0.364 e. The first-order valence-electron chi connectivity index (χ1n) is 8.27. The molecule has 3 aromatic heterocycles. The van der Waals surface area contributed by atoms with E-state index in [-0.39, 0.29) is 21.9 Å². The van der Waals surface area contributed by atoms with Gasteiger partial charge in [-0.05, 0) is 19.9 Å². The lowest BCUT2D eigenvalue weighted by Gasteiger charge is -2.21. The van der Waals surface area contributed by atoms with Crippen molar-refractivity contribution in [1.82, 2.24) is 19.9 Å². The summed E-state index contributed by atoms with van der Waals surface area (Å²) in [7, 11) is 0. The van der Waals surface area contributed by atoms with Crippen molar-refractivity contribution >= 4 is 16.8 Å². The first kappa shape index (κ1) is 17.7. The minimum atomic E-state index is -0.741. The van der Waals surface area contributed by atoms with Crippen LogP contribution in [0.25, 0.3) is 22.3 Å². The highest BCUT2D eigenvalue weighted by atomic mass is 16.1. The van der Waals surface area contributed by atoms with E-state index in [0.29, 0.717) is 16.9 Å². The number of carbonyl (C=O) groups excluding carboxylic acids is 1. The van der Waals surface area contributed by atoms with Gasteiger partial charge in [-0.1, -0.05) is 20.8 Å². The quantitative estimate of drug-likeness (QED) is 0.735. The van der Waals surface area contributed by atoms with Crippen molar-refractivity contribution in [1.29, 1.82) is 0 Å². The Bertz CT molecular complexity index is 1090. The van der Waals surface area contributed by atoms with Gasteiger partial charge in [-0.25, -0.2) is 4.98 Å². The summed E-state index contributed by atoms with van der Waals surface area (Å²) in [5.41, 5.74) is 8.89. The fraction of sp³-hybridized carbons (Fsp3) is 0.316. The van der Waals surface area contributed by atoms with Gasteiger partial charge >= 0.3 is 0 Å². The number of rotatable bonds is 2. The smallest absolute Gasteiger partial charge is 0.268 e. The molecule has 7 nitrogen and oxygen atoms in total. The number of primary amides is 1. The third-order valence-electron chi connectivity index (χ3n) is 4.19. The number of nitrogens with zero attached hydrogens (tertiary/aromatic N) is 3. The lowest BCUT2D eigenvalue weighted by Crippen LogP contribution is -2.19. The summed E-state index contributed by atoms with van der Waals surface area (Å²) in [5.74, 6) is -0.741. The number of hydrogen-bond donors (Lipinski definition) is 2. The van der Waals surface area contributed by atoms with Crippen LogP contribution in [0.15, 0.2) is 23.1 Å². The number of nitrogens with two attached hydrogens (primary N) is 1. The molecule has 0 radical (unpaired) electrons. The van der Waals surface area contributed by atoms with E-state index in [0.717, 1.165) is 17.1 Å². The van der Waals surface area contributed by atoms with E-state index in [4.69, 9.17) is 10.7 Å². The topological polar surface area (TPSA) is 115 Å². The summed E-state index contributed by atoms with van der Waals surface area (Å²) < 4.78 is 0. The van der Waals surface area contributed by atoms with Crippen LogP contribution in [0.2, 0.25) is 0 Å². The number of H-pyrrole nitrogens is 1. The first-order chi connectivity index (χ1) is 12.1. The van der Waals surface area contributed by atoms with Crippen LogP contribution in [-0.2, 0) is 5.41 Å². The van der Waals surface area contributed by atoms with Crippen LogP contribution in [0.4, 0.5) is 0 Å². The molecule has 0 bridgehead atoms. The number of fused-ring (bicyclic) bond motifs is 1. The predicted octanol–water partition coefficient (Wildman–Crippen LogP) is 2.39. The Kier molecular flexibility index (Phi) is 4.10. The van der Waals surface area contributed by atoms with Crippen molar-refractivity contribution in [3.8, 4) is 11.4 Å². The molecule has 0 fully saturated rings. The van der Waals surface area contributed by atoms with Gasteiger partial charge in [0.25, 0.3) is 5.91 Å². The van der Waals surface area contributed by atoms with Crippen molar-refractivity contribution < 1.29 is 4.79 Å². The zero-order valence-corrected chi connectivity index (χ0v) is 15.5. The molecule has 0 saturated carbocycles. The van der Waals surface area contributed by atoms with E-state index < -0.39 is 5.91 Å². The molecule has 0 saturated heterocycles. The fourth-order valence-electron chi connectivity index (χ4n) is 3.08. The molecule has 0 aromatic carbocycles. The highest BCUT2D eigenvalue weighted by Crippen LogP contribution is 2.27. The van der Waals surface area contributed by atoms with Crippen molar-refractivity contribution in [3.05, 3.63) is 51.3 Å². The molecule has 3 N–H and O–H groups in total. The van der Waals surface area contributed by atoms with Crippen LogP contribution in [-0.4, -0.2) is 25.8 Å². The Morgan fingerprint density at radius 2 is 1.85 bits per heavy atom.